The number of nitrogens with zero attached hydrogens (tertiary/aromatic N) is 1. The lowest BCUT2D eigenvalue weighted by atomic mass is 9.97. The van der Waals surface area contributed by atoms with Gasteiger partial charge in [0.15, 0.2) is 9.79 Å². The quantitative estimate of drug-likeness (QED) is 0.260. The molecule has 0 spiro atoms. The number of unbranched alkanes of at least 4 members (excludes halogenated alkanes) is 1. The first-order valence-electron chi connectivity index (χ1n) is 8.42. The van der Waals surface area contributed by atoms with Crippen LogP contribution in [0.5, 0.6) is 0 Å². The fraction of sp³-hybridized carbons (Fsp3) is 0.316. The molecule has 0 fully saturated rings. The Morgan fingerprint density at radius 1 is 1.27 bits per heavy atom. The minimum Gasteiger partial charge on any atom is -0.606 e. The number of nitro benzene ring substituents is 1. The molecule has 0 aliphatic carbocycles. The van der Waals surface area contributed by atoms with Crippen molar-refractivity contribution in [3.8, 4) is 0 Å². The molecule has 0 radical (unpaired) electrons. The topological polar surface area (TPSA) is 92.5 Å². The molecular formula is C19H19NO5S. The van der Waals surface area contributed by atoms with E-state index < -0.39 is 22.1 Å². The van der Waals surface area contributed by atoms with Gasteiger partial charge in [0.05, 0.1) is 23.2 Å². The normalized spacial score (nSPS) is 15.1. The summed E-state index contributed by atoms with van der Waals surface area (Å²) in [5.41, 5.74) is 2.32. The third-order valence-corrected chi connectivity index (χ3v) is 5.90. The molecule has 2 aromatic carbocycles. The van der Waals surface area contributed by atoms with Crippen LogP contribution in [0.2, 0.25) is 0 Å². The average molecular weight is 373 g/mol. The van der Waals surface area contributed by atoms with E-state index in [1.807, 2.05) is 26.0 Å². The van der Waals surface area contributed by atoms with Crippen LogP contribution in [0.3, 0.4) is 0 Å². The predicted molar refractivity (Wildman–Crippen MR) is 96.9 cm³/mol. The number of ether oxygens (including phenoxy) is 1. The Kier molecular flexibility index (Phi) is 5.29. The predicted octanol–water partition coefficient (Wildman–Crippen LogP) is 3.93. The number of aryl methyl sites for hydroxylation is 1. The number of hydrogen-bond donors (Lipinski definition) is 0. The van der Waals surface area contributed by atoms with Crippen LogP contribution in [0, 0.1) is 17.0 Å². The maximum absolute atomic E-state index is 13.0. The van der Waals surface area contributed by atoms with E-state index in [0.29, 0.717) is 21.8 Å². The molecule has 1 heterocycles. The number of esters is 1. The van der Waals surface area contributed by atoms with Gasteiger partial charge in [0, 0.05) is 34.8 Å². The standard InChI is InChI=1S/C19H19NO5S/c1-3-4-7-25-19(21)16-10-14(20(22)23)11-18-15(16)9-13-8-12(2)5-6-17(13)26(18)24/h5-6,8,10-11H,3-4,7,9H2,1-2H3. The minimum atomic E-state index is -1.57. The monoisotopic (exact) mass is 373 g/mol. The van der Waals surface area contributed by atoms with E-state index in [4.69, 9.17) is 4.74 Å². The van der Waals surface area contributed by atoms with Crippen molar-refractivity contribution in [2.45, 2.75) is 42.9 Å². The number of rotatable bonds is 5. The number of benzene rings is 2. The van der Waals surface area contributed by atoms with Gasteiger partial charge in [-0.25, -0.2) is 4.79 Å². The second-order valence-electron chi connectivity index (χ2n) is 6.27. The summed E-state index contributed by atoms with van der Waals surface area (Å²) in [6, 6.07) is 8.10. The molecule has 1 unspecified atom stereocenters. The number of nitro groups is 1. The van der Waals surface area contributed by atoms with Crippen molar-refractivity contribution in [2.24, 2.45) is 0 Å². The van der Waals surface area contributed by atoms with Crippen LogP contribution >= 0.6 is 0 Å². The van der Waals surface area contributed by atoms with Crippen LogP contribution in [0.25, 0.3) is 0 Å². The van der Waals surface area contributed by atoms with Gasteiger partial charge < -0.3 is 9.29 Å². The molecule has 0 saturated carbocycles. The van der Waals surface area contributed by atoms with E-state index in [1.54, 1.807) is 6.07 Å². The van der Waals surface area contributed by atoms with Gasteiger partial charge in [-0.05, 0) is 19.4 Å². The van der Waals surface area contributed by atoms with Gasteiger partial charge in [-0.3, -0.25) is 10.1 Å². The first kappa shape index (κ1) is 18.4. The van der Waals surface area contributed by atoms with E-state index in [9.17, 15) is 19.5 Å². The highest BCUT2D eigenvalue weighted by atomic mass is 32.2. The lowest BCUT2D eigenvalue weighted by Gasteiger charge is -2.23. The molecular weight excluding hydrogens is 354 g/mol. The molecule has 3 rings (SSSR count). The van der Waals surface area contributed by atoms with Gasteiger partial charge in [0.1, 0.15) is 0 Å². The van der Waals surface area contributed by atoms with Gasteiger partial charge >= 0.3 is 5.97 Å². The summed E-state index contributed by atoms with van der Waals surface area (Å²) in [7, 11) is 0. The summed E-state index contributed by atoms with van der Waals surface area (Å²) >= 11 is -1.57. The van der Waals surface area contributed by atoms with Gasteiger partial charge in [-0.1, -0.05) is 31.0 Å². The van der Waals surface area contributed by atoms with E-state index in [1.165, 1.54) is 12.1 Å². The Morgan fingerprint density at radius 3 is 2.73 bits per heavy atom. The smallest absolute Gasteiger partial charge is 0.338 e. The van der Waals surface area contributed by atoms with E-state index >= 15 is 0 Å². The van der Waals surface area contributed by atoms with Crippen molar-refractivity contribution < 1.29 is 19.0 Å². The Bertz CT molecular complexity index is 880. The molecule has 0 amide bonds. The van der Waals surface area contributed by atoms with E-state index in [2.05, 4.69) is 0 Å². The third kappa shape index (κ3) is 3.45. The summed E-state index contributed by atoms with van der Waals surface area (Å²) < 4.78 is 18.2. The molecule has 6 nitrogen and oxygen atoms in total. The molecule has 0 bridgehead atoms. The number of carbonyl (C=O) groups is 1. The van der Waals surface area contributed by atoms with Gasteiger partial charge in [0.25, 0.3) is 5.69 Å². The summed E-state index contributed by atoms with van der Waals surface area (Å²) in [5.74, 6) is -0.605. The first-order valence-corrected chi connectivity index (χ1v) is 9.57. The van der Waals surface area contributed by atoms with Crippen LogP contribution in [-0.2, 0) is 22.3 Å². The highest BCUT2D eigenvalue weighted by Crippen LogP contribution is 2.38. The Hall–Kier alpha value is -2.38. The summed E-state index contributed by atoms with van der Waals surface area (Å²) in [6.45, 7) is 4.17. The van der Waals surface area contributed by atoms with Crippen LogP contribution in [0.1, 0.15) is 46.8 Å². The molecule has 26 heavy (non-hydrogen) atoms. The second kappa shape index (κ2) is 7.47. The largest absolute Gasteiger partial charge is 0.606 e. The minimum absolute atomic E-state index is 0.130. The lowest BCUT2D eigenvalue weighted by Crippen LogP contribution is -2.20. The van der Waals surface area contributed by atoms with Crippen molar-refractivity contribution in [1.82, 2.24) is 0 Å². The molecule has 1 aliphatic heterocycles. The summed E-state index contributed by atoms with van der Waals surface area (Å²) in [5, 5.41) is 11.3. The van der Waals surface area contributed by atoms with Crippen molar-refractivity contribution in [3.05, 3.63) is 62.7 Å². The first-order chi connectivity index (χ1) is 12.4. The van der Waals surface area contributed by atoms with Gasteiger partial charge in [-0.2, -0.15) is 0 Å². The molecule has 0 aromatic heterocycles. The molecule has 1 atom stereocenters. The van der Waals surface area contributed by atoms with Crippen LogP contribution < -0.4 is 0 Å². The van der Waals surface area contributed by atoms with Crippen molar-refractivity contribution in [1.29, 1.82) is 0 Å². The number of non-ortho nitro benzene ring substituents is 1. The van der Waals surface area contributed by atoms with Gasteiger partial charge in [-0.15, -0.1) is 0 Å². The molecule has 7 heteroatoms. The highest BCUT2D eigenvalue weighted by Gasteiger charge is 2.34. The van der Waals surface area contributed by atoms with Crippen molar-refractivity contribution in [3.63, 3.8) is 0 Å². The maximum Gasteiger partial charge on any atom is 0.338 e. The van der Waals surface area contributed by atoms with Crippen LogP contribution in [0.15, 0.2) is 40.1 Å². The molecule has 0 saturated heterocycles. The fourth-order valence-electron chi connectivity index (χ4n) is 2.99. The zero-order chi connectivity index (χ0) is 18.8. The molecule has 1 aliphatic rings. The molecule has 136 valence electrons. The molecule has 0 N–H and O–H groups in total. The number of carbonyl (C=O) groups excluding carboxylic acids is 1. The Labute approximate surface area is 154 Å². The van der Waals surface area contributed by atoms with Gasteiger partial charge in [0.2, 0.25) is 0 Å². The SMILES string of the molecule is CCCCOC(=O)c1cc([N+](=O)[O-])cc2c1Cc1cc(C)ccc1[S+]2[O-]. The second-order valence-corrected chi connectivity index (χ2v) is 7.69. The molecule has 2 aromatic rings. The van der Waals surface area contributed by atoms with Crippen LogP contribution in [-0.4, -0.2) is 22.1 Å². The zero-order valence-corrected chi connectivity index (χ0v) is 15.4. The van der Waals surface area contributed by atoms with Crippen molar-refractivity contribution in [2.75, 3.05) is 6.61 Å². The number of hydrogen-bond acceptors (Lipinski definition) is 5. The summed E-state index contributed by atoms with van der Waals surface area (Å²) in [4.78, 5) is 24.2. The number of fused-ring (bicyclic) bond motifs is 2. The highest BCUT2D eigenvalue weighted by molar-refractivity contribution is 7.91. The Morgan fingerprint density at radius 2 is 2.04 bits per heavy atom. The zero-order valence-electron chi connectivity index (χ0n) is 14.6. The lowest BCUT2D eigenvalue weighted by molar-refractivity contribution is -0.385. The fourth-order valence-corrected chi connectivity index (χ4v) is 4.42. The Balaban J connectivity index is 2.09. The summed E-state index contributed by atoms with van der Waals surface area (Å²) in [6.07, 6.45) is 1.99. The van der Waals surface area contributed by atoms with E-state index in [-0.39, 0.29) is 17.9 Å². The van der Waals surface area contributed by atoms with E-state index in [0.717, 1.165) is 24.0 Å². The maximum atomic E-state index is 13.0. The average Bonchev–Trinajstić information content (AvgIpc) is 2.61. The van der Waals surface area contributed by atoms with Crippen LogP contribution in [0.4, 0.5) is 5.69 Å². The third-order valence-electron chi connectivity index (χ3n) is 4.34. The van der Waals surface area contributed by atoms with Crippen molar-refractivity contribution >= 4 is 22.8 Å².